The van der Waals surface area contributed by atoms with E-state index in [-0.39, 0.29) is 23.8 Å². The van der Waals surface area contributed by atoms with Gasteiger partial charge in [-0.1, -0.05) is 25.1 Å². The second-order valence-corrected chi connectivity index (χ2v) is 3.72. The SMILES string of the molecule is CC1COC(N)=NC1c1ccccc1F. The molecule has 0 saturated heterocycles. The summed E-state index contributed by atoms with van der Waals surface area (Å²) >= 11 is 0. The molecule has 15 heavy (non-hydrogen) atoms. The molecular formula is C11H13FN2O. The lowest BCUT2D eigenvalue weighted by Crippen LogP contribution is -2.29. The molecule has 0 radical (unpaired) electrons. The molecule has 1 aliphatic heterocycles. The molecular weight excluding hydrogens is 195 g/mol. The zero-order valence-corrected chi connectivity index (χ0v) is 8.48. The Kier molecular flexibility index (Phi) is 2.58. The molecule has 2 rings (SSSR count). The Bertz CT molecular complexity index is 392. The number of hydrogen-bond donors (Lipinski definition) is 1. The minimum Gasteiger partial charge on any atom is -0.465 e. The van der Waals surface area contributed by atoms with Crippen molar-refractivity contribution in [3.63, 3.8) is 0 Å². The molecule has 0 aromatic heterocycles. The number of benzene rings is 1. The van der Waals surface area contributed by atoms with E-state index in [2.05, 4.69) is 4.99 Å². The lowest BCUT2D eigenvalue weighted by molar-refractivity contribution is 0.195. The number of aliphatic imine (C=N–C) groups is 1. The molecule has 2 N–H and O–H groups in total. The van der Waals surface area contributed by atoms with Crippen molar-refractivity contribution in [1.82, 2.24) is 0 Å². The van der Waals surface area contributed by atoms with Gasteiger partial charge in [-0.05, 0) is 6.07 Å². The number of amidine groups is 1. The van der Waals surface area contributed by atoms with Gasteiger partial charge in [0, 0.05) is 11.5 Å². The van der Waals surface area contributed by atoms with Crippen LogP contribution < -0.4 is 5.73 Å². The number of rotatable bonds is 1. The lowest BCUT2D eigenvalue weighted by atomic mass is 9.95. The van der Waals surface area contributed by atoms with Crippen LogP contribution in [0.5, 0.6) is 0 Å². The van der Waals surface area contributed by atoms with Crippen molar-refractivity contribution in [3.8, 4) is 0 Å². The van der Waals surface area contributed by atoms with E-state index >= 15 is 0 Å². The normalized spacial score (nSPS) is 25.6. The van der Waals surface area contributed by atoms with Gasteiger partial charge in [-0.3, -0.25) is 0 Å². The van der Waals surface area contributed by atoms with Crippen LogP contribution in [0, 0.1) is 11.7 Å². The highest BCUT2D eigenvalue weighted by Gasteiger charge is 2.26. The van der Waals surface area contributed by atoms with Crippen LogP contribution in [0.1, 0.15) is 18.5 Å². The third-order valence-electron chi connectivity index (χ3n) is 2.52. The fourth-order valence-corrected chi connectivity index (χ4v) is 1.70. The van der Waals surface area contributed by atoms with E-state index < -0.39 is 0 Å². The number of ether oxygens (including phenoxy) is 1. The average Bonchev–Trinajstić information content (AvgIpc) is 2.23. The molecule has 0 saturated carbocycles. The smallest absolute Gasteiger partial charge is 0.282 e. The first-order valence-corrected chi connectivity index (χ1v) is 4.89. The van der Waals surface area contributed by atoms with Crippen molar-refractivity contribution < 1.29 is 9.13 Å². The van der Waals surface area contributed by atoms with E-state index in [1.165, 1.54) is 6.07 Å². The van der Waals surface area contributed by atoms with Gasteiger partial charge in [0.15, 0.2) is 0 Å². The maximum atomic E-state index is 13.5. The fourth-order valence-electron chi connectivity index (χ4n) is 1.70. The molecule has 1 heterocycles. The van der Waals surface area contributed by atoms with E-state index in [0.29, 0.717) is 12.2 Å². The predicted octanol–water partition coefficient (Wildman–Crippen LogP) is 1.85. The number of hydrogen-bond acceptors (Lipinski definition) is 3. The largest absolute Gasteiger partial charge is 0.465 e. The highest BCUT2D eigenvalue weighted by molar-refractivity contribution is 5.72. The average molecular weight is 208 g/mol. The number of halogens is 1. The molecule has 0 bridgehead atoms. The van der Waals surface area contributed by atoms with Gasteiger partial charge in [0.25, 0.3) is 6.02 Å². The Morgan fingerprint density at radius 2 is 2.20 bits per heavy atom. The van der Waals surface area contributed by atoms with Crippen LogP contribution in [-0.2, 0) is 4.74 Å². The van der Waals surface area contributed by atoms with Crippen molar-refractivity contribution >= 4 is 6.02 Å². The van der Waals surface area contributed by atoms with Crippen LogP contribution in [0.3, 0.4) is 0 Å². The maximum absolute atomic E-state index is 13.5. The van der Waals surface area contributed by atoms with Gasteiger partial charge < -0.3 is 10.5 Å². The van der Waals surface area contributed by atoms with E-state index in [4.69, 9.17) is 10.5 Å². The topological polar surface area (TPSA) is 47.6 Å². The summed E-state index contributed by atoms with van der Waals surface area (Å²) < 4.78 is 18.6. The van der Waals surface area contributed by atoms with Gasteiger partial charge in [0.05, 0.1) is 12.6 Å². The van der Waals surface area contributed by atoms with Crippen LogP contribution in [0.15, 0.2) is 29.3 Å². The van der Waals surface area contributed by atoms with E-state index in [1.807, 2.05) is 6.92 Å². The number of nitrogens with zero attached hydrogens (tertiary/aromatic N) is 1. The quantitative estimate of drug-likeness (QED) is 0.765. The molecule has 0 spiro atoms. The summed E-state index contributed by atoms with van der Waals surface area (Å²) in [6, 6.07) is 6.53. The minimum absolute atomic E-state index is 0.134. The van der Waals surface area contributed by atoms with Gasteiger partial charge in [-0.2, -0.15) is 0 Å². The summed E-state index contributed by atoms with van der Waals surface area (Å²) in [7, 11) is 0. The van der Waals surface area contributed by atoms with Gasteiger partial charge in [0.2, 0.25) is 0 Å². The van der Waals surface area contributed by atoms with Crippen LogP contribution in [-0.4, -0.2) is 12.6 Å². The Morgan fingerprint density at radius 1 is 1.47 bits per heavy atom. The van der Waals surface area contributed by atoms with E-state index in [1.54, 1.807) is 18.2 Å². The fraction of sp³-hybridized carbons (Fsp3) is 0.364. The Balaban J connectivity index is 2.37. The van der Waals surface area contributed by atoms with Crippen LogP contribution in [0.25, 0.3) is 0 Å². The molecule has 2 unspecified atom stereocenters. The van der Waals surface area contributed by atoms with Crippen LogP contribution in [0.4, 0.5) is 4.39 Å². The van der Waals surface area contributed by atoms with Crippen LogP contribution in [0.2, 0.25) is 0 Å². The Labute approximate surface area is 87.8 Å². The summed E-state index contributed by atoms with van der Waals surface area (Å²) in [5.41, 5.74) is 6.06. The summed E-state index contributed by atoms with van der Waals surface area (Å²) in [6.07, 6.45) is 0. The van der Waals surface area contributed by atoms with Gasteiger partial charge >= 0.3 is 0 Å². The molecule has 3 nitrogen and oxygen atoms in total. The first-order chi connectivity index (χ1) is 7.18. The zero-order chi connectivity index (χ0) is 10.8. The maximum Gasteiger partial charge on any atom is 0.282 e. The summed E-state index contributed by atoms with van der Waals surface area (Å²) in [5.74, 6) is -0.109. The summed E-state index contributed by atoms with van der Waals surface area (Å²) in [4.78, 5) is 4.13. The van der Waals surface area contributed by atoms with Crippen LogP contribution >= 0.6 is 0 Å². The third kappa shape index (κ3) is 1.93. The summed E-state index contributed by atoms with van der Waals surface area (Å²) in [6.45, 7) is 2.45. The van der Waals surface area contributed by atoms with Crippen molar-refractivity contribution in [1.29, 1.82) is 0 Å². The molecule has 0 amide bonds. The molecule has 2 atom stereocenters. The molecule has 0 fully saturated rings. The molecule has 1 aromatic rings. The second-order valence-electron chi connectivity index (χ2n) is 3.72. The first-order valence-electron chi connectivity index (χ1n) is 4.89. The standard InChI is InChI=1S/C11H13FN2O/c1-7-6-15-11(13)14-10(7)8-4-2-3-5-9(8)12/h2-5,7,10H,6H2,1H3,(H2,13,14). The Hall–Kier alpha value is -1.58. The highest BCUT2D eigenvalue weighted by atomic mass is 19.1. The van der Waals surface area contributed by atoms with Crippen molar-refractivity contribution in [2.75, 3.05) is 6.61 Å². The lowest BCUT2D eigenvalue weighted by Gasteiger charge is -2.26. The summed E-state index contributed by atoms with van der Waals surface area (Å²) in [5, 5.41) is 0. The predicted molar refractivity (Wildman–Crippen MR) is 55.9 cm³/mol. The molecule has 0 aliphatic carbocycles. The first kappa shape index (κ1) is 9.96. The molecule has 1 aromatic carbocycles. The minimum atomic E-state index is -0.243. The zero-order valence-electron chi connectivity index (χ0n) is 8.48. The van der Waals surface area contributed by atoms with Gasteiger partial charge in [-0.25, -0.2) is 9.38 Å². The molecule has 4 heteroatoms. The van der Waals surface area contributed by atoms with Crippen molar-refractivity contribution in [3.05, 3.63) is 35.6 Å². The van der Waals surface area contributed by atoms with Crippen molar-refractivity contribution in [2.24, 2.45) is 16.6 Å². The highest BCUT2D eigenvalue weighted by Crippen LogP contribution is 2.30. The van der Waals surface area contributed by atoms with E-state index in [9.17, 15) is 4.39 Å². The second kappa shape index (κ2) is 3.88. The monoisotopic (exact) mass is 208 g/mol. The third-order valence-corrected chi connectivity index (χ3v) is 2.52. The van der Waals surface area contributed by atoms with Gasteiger partial charge in [0.1, 0.15) is 5.82 Å². The molecule has 1 aliphatic rings. The Morgan fingerprint density at radius 3 is 2.93 bits per heavy atom. The number of nitrogens with two attached hydrogens (primary N) is 1. The van der Waals surface area contributed by atoms with Crippen molar-refractivity contribution in [2.45, 2.75) is 13.0 Å². The van der Waals surface area contributed by atoms with Gasteiger partial charge in [-0.15, -0.1) is 0 Å². The molecule has 80 valence electrons. The van der Waals surface area contributed by atoms with E-state index in [0.717, 1.165) is 0 Å².